The van der Waals surface area contributed by atoms with Crippen molar-refractivity contribution in [3.63, 3.8) is 0 Å². The molecule has 0 unspecified atom stereocenters. The maximum Gasteiger partial charge on any atom is 0.328 e. The zero-order valence-electron chi connectivity index (χ0n) is 7.37. The number of aliphatic carboxylic acids is 1. The molecule has 1 heterocycles. The lowest BCUT2D eigenvalue weighted by Gasteiger charge is -2.18. The average molecular weight is 308 g/mol. The minimum Gasteiger partial charge on any atom is -0.480 e. The van der Waals surface area contributed by atoms with E-state index in [2.05, 4.69) is 4.98 Å². The van der Waals surface area contributed by atoms with Gasteiger partial charge >= 0.3 is 5.97 Å². The van der Waals surface area contributed by atoms with Crippen LogP contribution in [0.4, 0.5) is 0 Å². The molecule has 0 saturated carbocycles. The van der Waals surface area contributed by atoms with E-state index in [0.29, 0.717) is 0 Å². The molecule has 6 heteroatoms. The molecule has 0 fully saturated rings. The van der Waals surface area contributed by atoms with Gasteiger partial charge in [0.15, 0.2) is 0 Å². The monoisotopic (exact) mass is 308 g/mol. The second-order valence-corrected chi connectivity index (χ2v) is 4.31. The van der Waals surface area contributed by atoms with Crippen molar-refractivity contribution in [3.05, 3.63) is 31.8 Å². The molecule has 0 aliphatic rings. The quantitative estimate of drug-likeness (QED) is 0.682. The fourth-order valence-electron chi connectivity index (χ4n) is 0.958. The lowest BCUT2D eigenvalue weighted by atomic mass is 9.95. The summed E-state index contributed by atoms with van der Waals surface area (Å²) >= 11 is 1.97. The zero-order chi connectivity index (χ0) is 10.9. The molecule has 0 aliphatic carbocycles. The number of carboxylic acid groups (broad SMARTS) is 1. The van der Waals surface area contributed by atoms with Gasteiger partial charge in [-0.05, 0) is 35.6 Å². The smallest absolute Gasteiger partial charge is 0.328 e. The van der Waals surface area contributed by atoms with Crippen LogP contribution in [-0.4, -0.2) is 16.1 Å². The molecule has 1 aromatic heterocycles. The fourth-order valence-corrected chi connectivity index (χ4v) is 1.43. The Morgan fingerprint density at radius 3 is 2.79 bits per heavy atom. The van der Waals surface area contributed by atoms with Gasteiger partial charge in [-0.3, -0.25) is 4.79 Å². The van der Waals surface area contributed by atoms with E-state index in [4.69, 9.17) is 10.8 Å². The summed E-state index contributed by atoms with van der Waals surface area (Å²) in [6.07, 6.45) is 1.49. The molecule has 0 spiro atoms. The van der Waals surface area contributed by atoms with E-state index in [9.17, 15) is 9.59 Å². The molecule has 0 aromatic carbocycles. The van der Waals surface area contributed by atoms with Crippen LogP contribution >= 0.6 is 22.6 Å². The summed E-state index contributed by atoms with van der Waals surface area (Å²) in [7, 11) is 0. The first-order valence-electron chi connectivity index (χ1n) is 3.76. The highest BCUT2D eigenvalue weighted by Crippen LogP contribution is 2.15. The van der Waals surface area contributed by atoms with Gasteiger partial charge in [-0.15, -0.1) is 0 Å². The number of pyridine rings is 1. The topological polar surface area (TPSA) is 96.2 Å². The number of carbonyl (C=O) groups is 1. The molecule has 14 heavy (non-hydrogen) atoms. The number of aromatic amines is 1. The minimum absolute atomic E-state index is 0.0527. The predicted octanol–water partition coefficient (Wildman–Crippen LogP) is 0.238. The zero-order valence-corrected chi connectivity index (χ0v) is 9.53. The van der Waals surface area contributed by atoms with Crippen molar-refractivity contribution < 1.29 is 9.90 Å². The van der Waals surface area contributed by atoms with E-state index in [1.54, 1.807) is 0 Å². The van der Waals surface area contributed by atoms with Crippen LogP contribution in [0.25, 0.3) is 0 Å². The van der Waals surface area contributed by atoms with Gasteiger partial charge in [0.25, 0.3) is 5.56 Å². The van der Waals surface area contributed by atoms with Crippen molar-refractivity contribution in [1.82, 2.24) is 4.98 Å². The van der Waals surface area contributed by atoms with Gasteiger partial charge in [0.05, 0.1) is 0 Å². The van der Waals surface area contributed by atoms with E-state index in [0.717, 1.165) is 3.57 Å². The van der Waals surface area contributed by atoms with Gasteiger partial charge < -0.3 is 15.8 Å². The van der Waals surface area contributed by atoms with Crippen molar-refractivity contribution in [2.75, 3.05) is 0 Å². The van der Waals surface area contributed by atoms with E-state index < -0.39 is 17.1 Å². The molecule has 0 amide bonds. The summed E-state index contributed by atoms with van der Waals surface area (Å²) in [5.74, 6) is -1.23. The SMILES string of the molecule is C[C@@](N)(C(=O)O)c1cc(I)c[nH]c1=O. The Kier molecular flexibility index (Phi) is 2.95. The lowest BCUT2D eigenvalue weighted by Crippen LogP contribution is -2.45. The third-order valence-corrected chi connectivity index (χ3v) is 2.49. The summed E-state index contributed by atoms with van der Waals surface area (Å²) in [5.41, 5.74) is 3.45. The first-order valence-corrected chi connectivity index (χ1v) is 4.84. The number of H-pyrrole nitrogens is 1. The molecule has 0 bridgehead atoms. The van der Waals surface area contributed by atoms with Crippen LogP contribution in [0.3, 0.4) is 0 Å². The van der Waals surface area contributed by atoms with Gasteiger partial charge in [-0.1, -0.05) is 0 Å². The molecule has 1 rings (SSSR count). The van der Waals surface area contributed by atoms with Crippen LogP contribution in [0.1, 0.15) is 12.5 Å². The molecule has 1 aromatic rings. The number of nitrogens with one attached hydrogen (secondary N) is 1. The molecule has 1 atom stereocenters. The first kappa shape index (κ1) is 11.2. The Morgan fingerprint density at radius 2 is 2.29 bits per heavy atom. The molecular weight excluding hydrogens is 299 g/mol. The van der Waals surface area contributed by atoms with Crippen LogP contribution in [-0.2, 0) is 10.3 Å². The van der Waals surface area contributed by atoms with Crippen molar-refractivity contribution in [3.8, 4) is 0 Å². The Bertz CT molecular complexity index is 425. The number of halogens is 1. The molecule has 0 radical (unpaired) electrons. The Labute approximate surface area is 93.5 Å². The number of aromatic nitrogens is 1. The molecule has 76 valence electrons. The van der Waals surface area contributed by atoms with Crippen molar-refractivity contribution >= 4 is 28.6 Å². The van der Waals surface area contributed by atoms with E-state index in [1.807, 2.05) is 22.6 Å². The van der Waals surface area contributed by atoms with Crippen LogP contribution in [0.15, 0.2) is 17.1 Å². The third kappa shape index (κ3) is 1.95. The highest BCUT2D eigenvalue weighted by Gasteiger charge is 2.32. The van der Waals surface area contributed by atoms with E-state index >= 15 is 0 Å². The van der Waals surface area contributed by atoms with Gasteiger partial charge in [0.1, 0.15) is 5.54 Å². The third-order valence-electron chi connectivity index (χ3n) is 1.87. The summed E-state index contributed by atoms with van der Waals surface area (Å²) in [6.45, 7) is 1.29. The number of nitrogens with two attached hydrogens (primary N) is 1. The highest BCUT2D eigenvalue weighted by atomic mass is 127. The lowest BCUT2D eigenvalue weighted by molar-refractivity contribution is -0.143. The first-order chi connectivity index (χ1) is 6.35. The highest BCUT2D eigenvalue weighted by molar-refractivity contribution is 14.1. The molecule has 5 nitrogen and oxygen atoms in total. The van der Waals surface area contributed by atoms with Crippen LogP contribution < -0.4 is 11.3 Å². The second kappa shape index (κ2) is 3.70. The van der Waals surface area contributed by atoms with Gasteiger partial charge in [-0.2, -0.15) is 0 Å². The van der Waals surface area contributed by atoms with Crippen LogP contribution in [0.5, 0.6) is 0 Å². The molecular formula is C8H9IN2O3. The molecule has 4 N–H and O–H groups in total. The Hall–Kier alpha value is -0.890. The van der Waals surface area contributed by atoms with Crippen LogP contribution in [0.2, 0.25) is 0 Å². The number of hydrogen-bond donors (Lipinski definition) is 3. The molecule has 0 saturated heterocycles. The average Bonchev–Trinajstić information content (AvgIpc) is 2.08. The van der Waals surface area contributed by atoms with Crippen molar-refractivity contribution in [2.24, 2.45) is 5.73 Å². The second-order valence-electron chi connectivity index (χ2n) is 3.07. The van der Waals surface area contributed by atoms with Crippen LogP contribution in [0, 0.1) is 3.57 Å². The van der Waals surface area contributed by atoms with E-state index in [1.165, 1.54) is 19.2 Å². The van der Waals surface area contributed by atoms with Gasteiger partial charge in [0, 0.05) is 15.3 Å². The fraction of sp³-hybridized carbons (Fsp3) is 0.250. The minimum atomic E-state index is -1.66. The van der Waals surface area contributed by atoms with Crippen molar-refractivity contribution in [1.29, 1.82) is 0 Å². The number of rotatable bonds is 2. The number of carboxylic acids is 1. The summed E-state index contributed by atoms with van der Waals surface area (Å²) in [5, 5.41) is 8.83. The van der Waals surface area contributed by atoms with Gasteiger partial charge in [0.2, 0.25) is 0 Å². The maximum atomic E-state index is 11.3. The standard InChI is InChI=1S/C8H9IN2O3/c1-8(10,7(13)14)5-2-4(9)3-11-6(5)12/h2-3H,10H2,1H3,(H,11,12)(H,13,14)/t8-/m0/s1. The Morgan fingerprint density at radius 1 is 1.71 bits per heavy atom. The normalized spacial score (nSPS) is 14.8. The van der Waals surface area contributed by atoms with E-state index in [-0.39, 0.29) is 5.56 Å². The maximum absolute atomic E-state index is 11.3. The summed E-state index contributed by atoms with van der Waals surface area (Å²) < 4.78 is 0.732. The largest absolute Gasteiger partial charge is 0.480 e. The summed E-state index contributed by atoms with van der Waals surface area (Å²) in [6, 6.07) is 1.47. The van der Waals surface area contributed by atoms with Gasteiger partial charge in [-0.25, -0.2) is 4.79 Å². The summed E-state index contributed by atoms with van der Waals surface area (Å²) in [4.78, 5) is 24.5. The number of hydrogen-bond acceptors (Lipinski definition) is 3. The van der Waals surface area contributed by atoms with Crippen molar-refractivity contribution in [2.45, 2.75) is 12.5 Å². The predicted molar refractivity (Wildman–Crippen MR) is 59.0 cm³/mol. The Balaban J connectivity index is 3.39. The molecule has 0 aliphatic heterocycles.